The van der Waals surface area contributed by atoms with Gasteiger partial charge < -0.3 is 9.59 Å². The van der Waals surface area contributed by atoms with E-state index in [1.54, 1.807) is 25.7 Å². The molecule has 4 fully saturated rings. The first-order valence-corrected chi connectivity index (χ1v) is 15.3. The first kappa shape index (κ1) is 40.8. The minimum absolute atomic E-state index is 0. The van der Waals surface area contributed by atoms with E-state index in [2.05, 4.69) is 46.3 Å². The Morgan fingerprint density at radius 2 is 0.761 bits per heavy atom. The number of aryl methyl sites for hydroxylation is 2. The Balaban J connectivity index is 0.000000379. The van der Waals surface area contributed by atoms with Gasteiger partial charge in [0.15, 0.2) is 0 Å². The van der Waals surface area contributed by atoms with Crippen LogP contribution in [0.15, 0.2) is 12.4 Å². The van der Waals surface area contributed by atoms with Gasteiger partial charge in [0, 0.05) is 49.2 Å². The predicted molar refractivity (Wildman–Crippen MR) is 169 cm³/mol. The van der Waals surface area contributed by atoms with Crippen LogP contribution < -0.4 is 0 Å². The van der Waals surface area contributed by atoms with Crippen LogP contribution in [0.25, 0.3) is 0 Å². The monoisotopic (exact) mass is 700 g/mol. The van der Waals surface area contributed by atoms with Crippen molar-refractivity contribution in [2.75, 3.05) is 0 Å². The number of unbranched alkanes of at least 4 members (excludes halogenated alkanes) is 7. The van der Waals surface area contributed by atoms with Crippen LogP contribution in [0.2, 0.25) is 0 Å². The van der Waals surface area contributed by atoms with E-state index in [9.17, 15) is 9.59 Å². The van der Waals surface area contributed by atoms with Crippen molar-refractivity contribution in [3.05, 3.63) is 150 Å². The standard InChI is InChI=1S/C24H30N6.2C6H5O.2Fe/c1(3-5-11-17-29-19-23(25-27-29)21-13-7-8-14-21)2-4-6-12-18-30-20-24(26-28-30)22-15-9-10-16-22;2*7-5-6-3-1-2-4-6;;/h7-10,13-16,19-20H,1-6,11-12,17-18H2;2*1-5H;;/q;;;2*+2. The molecule has 0 aliphatic heterocycles. The minimum Gasteiger partial charge on any atom is -0.303 e. The molecule has 2 aromatic heterocycles. The summed E-state index contributed by atoms with van der Waals surface area (Å²) in [4.78, 5) is 19.7. The summed E-state index contributed by atoms with van der Waals surface area (Å²) in [5.74, 6) is 3.79. The fourth-order valence-corrected chi connectivity index (χ4v) is 4.71. The third kappa shape index (κ3) is 15.3. The number of aromatic nitrogens is 6. The first-order chi connectivity index (χ1) is 21.7. The molecule has 8 nitrogen and oxygen atoms in total. The Hall–Kier alpha value is -1.34. The molecule has 238 valence electrons. The first-order valence-electron chi connectivity index (χ1n) is 15.3. The van der Waals surface area contributed by atoms with Gasteiger partial charge in [-0.3, -0.25) is 9.36 Å². The molecular weight excluding hydrogens is 660 g/mol. The number of carbonyl (C=O) groups excluding carboxylic acids is 2. The molecule has 6 rings (SSSR count). The molecule has 0 aromatic carbocycles. The fourth-order valence-electron chi connectivity index (χ4n) is 4.71. The fraction of sp³-hybridized carbons (Fsp3) is 0.278. The predicted octanol–water partition coefficient (Wildman–Crippen LogP) is 5.37. The van der Waals surface area contributed by atoms with E-state index in [1.165, 1.54) is 51.4 Å². The Labute approximate surface area is 299 Å². The van der Waals surface area contributed by atoms with Crippen LogP contribution in [-0.2, 0) is 56.8 Å². The number of aldehydes is 2. The quantitative estimate of drug-likeness (QED) is 0.141. The Morgan fingerprint density at radius 1 is 0.457 bits per heavy atom. The SMILES string of the molecule is O=C[C]1[CH][CH][CH][CH]1.O=C[C]1[CH][CH][CH][CH]1.[CH]1[CH][CH][C](c2cn(CCCCCCCCCCn3cc([C]4[CH][CH][CH][CH]4)nn3)nn2)[CH]1.[Fe+2].[Fe+2]. The number of hydrogen-bond acceptors (Lipinski definition) is 6. The maximum Gasteiger partial charge on any atom is 2.00 e. The Morgan fingerprint density at radius 3 is 1.07 bits per heavy atom. The Bertz CT molecular complexity index is 957. The van der Waals surface area contributed by atoms with E-state index >= 15 is 0 Å². The zero-order valence-electron chi connectivity index (χ0n) is 25.8. The van der Waals surface area contributed by atoms with Crippen LogP contribution in [0.4, 0.5) is 0 Å². The summed E-state index contributed by atoms with van der Waals surface area (Å²) < 4.78 is 3.94. The molecule has 0 amide bonds. The van der Waals surface area contributed by atoms with Crippen molar-refractivity contribution < 1.29 is 43.7 Å². The summed E-state index contributed by atoms with van der Waals surface area (Å²) in [6.07, 6.45) is 46.7. The third-order valence-electron chi connectivity index (χ3n) is 7.17. The van der Waals surface area contributed by atoms with Gasteiger partial charge in [-0.1, -0.05) is 49.0 Å². The van der Waals surface area contributed by atoms with Gasteiger partial charge in [0.1, 0.15) is 12.6 Å². The summed E-state index contributed by atoms with van der Waals surface area (Å²) in [6, 6.07) is 0. The zero-order chi connectivity index (χ0) is 30.7. The second-order valence-corrected chi connectivity index (χ2v) is 10.6. The van der Waals surface area contributed by atoms with Gasteiger partial charge in [0.25, 0.3) is 0 Å². The van der Waals surface area contributed by atoms with Gasteiger partial charge in [-0.25, -0.2) is 0 Å². The van der Waals surface area contributed by atoms with Crippen molar-refractivity contribution in [1.29, 1.82) is 0 Å². The van der Waals surface area contributed by atoms with E-state index < -0.39 is 0 Å². The smallest absolute Gasteiger partial charge is 0.303 e. The van der Waals surface area contributed by atoms with Crippen molar-refractivity contribution in [2.45, 2.75) is 64.5 Å². The van der Waals surface area contributed by atoms with E-state index in [4.69, 9.17) is 0 Å². The molecule has 0 saturated heterocycles. The number of hydrogen-bond donors (Lipinski definition) is 0. The van der Waals surface area contributed by atoms with Crippen LogP contribution in [0, 0.1) is 126 Å². The molecule has 4 aliphatic rings. The maximum absolute atomic E-state index is 9.87. The minimum atomic E-state index is 0. The van der Waals surface area contributed by atoms with Gasteiger partial charge in [0.05, 0.1) is 11.4 Å². The average molecular weight is 700 g/mol. The number of nitrogens with zero attached hydrogens (tertiary/aromatic N) is 6. The molecule has 0 unspecified atom stereocenters. The van der Waals surface area contributed by atoms with Crippen LogP contribution >= 0.6 is 0 Å². The molecule has 20 radical (unpaired) electrons. The topological polar surface area (TPSA) is 95.6 Å². The zero-order valence-corrected chi connectivity index (χ0v) is 28.0. The number of carbonyl (C=O) groups is 2. The Kier molecular flexibility index (Phi) is 22.0. The summed E-state index contributed by atoms with van der Waals surface area (Å²) in [7, 11) is 0. The molecule has 4 saturated carbocycles. The van der Waals surface area contributed by atoms with Crippen molar-refractivity contribution in [3.63, 3.8) is 0 Å². The van der Waals surface area contributed by atoms with Gasteiger partial charge in [0.2, 0.25) is 0 Å². The number of rotatable bonds is 15. The molecule has 0 N–H and O–H groups in total. The van der Waals surface area contributed by atoms with Gasteiger partial charge >= 0.3 is 34.1 Å². The average Bonchev–Trinajstić information content (AvgIpc) is 3.90. The second kappa shape index (κ2) is 24.7. The molecule has 0 bridgehead atoms. The molecule has 0 atom stereocenters. The van der Waals surface area contributed by atoms with Crippen molar-refractivity contribution in [1.82, 2.24) is 30.0 Å². The van der Waals surface area contributed by atoms with Crippen molar-refractivity contribution in [2.24, 2.45) is 0 Å². The van der Waals surface area contributed by atoms with Crippen LogP contribution in [0.3, 0.4) is 0 Å². The summed E-state index contributed by atoms with van der Waals surface area (Å²) >= 11 is 0. The van der Waals surface area contributed by atoms with E-state index in [-0.39, 0.29) is 34.1 Å². The third-order valence-corrected chi connectivity index (χ3v) is 7.17. The van der Waals surface area contributed by atoms with Gasteiger partial charge in [-0.05, 0) is 116 Å². The largest absolute Gasteiger partial charge is 2.00 e. The molecule has 10 heteroatoms. The molecule has 2 heterocycles. The van der Waals surface area contributed by atoms with E-state index in [0.29, 0.717) is 0 Å². The van der Waals surface area contributed by atoms with E-state index in [1.807, 2.05) is 73.1 Å². The molecule has 46 heavy (non-hydrogen) atoms. The summed E-state index contributed by atoms with van der Waals surface area (Å²) in [5.41, 5.74) is 1.93. The molecule has 4 aliphatic carbocycles. The van der Waals surface area contributed by atoms with Crippen molar-refractivity contribution in [3.8, 4) is 0 Å². The van der Waals surface area contributed by atoms with Gasteiger partial charge in [-0.2, -0.15) is 0 Å². The summed E-state index contributed by atoms with van der Waals surface area (Å²) in [5, 5.41) is 17.0. The van der Waals surface area contributed by atoms with Crippen molar-refractivity contribution >= 4 is 12.6 Å². The molecule has 2 aromatic rings. The normalized spacial score (nSPS) is 18.7. The molecular formula is C36H40Fe2N6O2+4. The van der Waals surface area contributed by atoms with Crippen LogP contribution in [0.5, 0.6) is 0 Å². The van der Waals surface area contributed by atoms with Crippen LogP contribution in [-0.4, -0.2) is 42.6 Å². The maximum atomic E-state index is 9.87. The van der Waals surface area contributed by atoms with E-state index in [0.717, 1.165) is 60.7 Å². The molecule has 0 spiro atoms. The second-order valence-electron chi connectivity index (χ2n) is 10.6. The van der Waals surface area contributed by atoms with Crippen LogP contribution in [0.1, 0.15) is 62.8 Å². The van der Waals surface area contributed by atoms with Gasteiger partial charge in [-0.15, -0.1) is 10.2 Å². The summed E-state index contributed by atoms with van der Waals surface area (Å²) in [6.45, 7) is 1.91.